The van der Waals surface area contributed by atoms with Crippen molar-refractivity contribution in [2.75, 3.05) is 11.4 Å². The number of hydrogen-bond acceptors (Lipinski definition) is 4. The molecule has 1 N–H and O–H groups in total. The van der Waals surface area contributed by atoms with Crippen LogP contribution in [0.15, 0.2) is 10.5 Å². The monoisotopic (exact) mass is 482 g/mol. The molecule has 29 heavy (non-hydrogen) atoms. The van der Waals surface area contributed by atoms with Crippen LogP contribution >= 0.6 is 15.9 Å². The molecule has 4 nitrogen and oxygen atoms in total. The van der Waals surface area contributed by atoms with Crippen LogP contribution in [0.25, 0.3) is 10.9 Å². The summed E-state index contributed by atoms with van der Waals surface area (Å²) in [5, 5.41) is 2.92. The van der Waals surface area contributed by atoms with Crippen molar-refractivity contribution in [2.45, 2.75) is 56.7 Å². The van der Waals surface area contributed by atoms with Gasteiger partial charge in [0.25, 0.3) is 0 Å². The van der Waals surface area contributed by atoms with E-state index in [4.69, 9.17) is 0 Å². The number of alkyl halides is 4. The molecule has 0 radical (unpaired) electrons. The maximum atomic E-state index is 14.7. The first-order valence-electron chi connectivity index (χ1n) is 9.16. The van der Waals surface area contributed by atoms with Gasteiger partial charge in [-0.15, -0.1) is 0 Å². The van der Waals surface area contributed by atoms with Crippen LogP contribution in [0.3, 0.4) is 0 Å². The molecule has 11 heteroatoms. The second-order valence-corrected chi connectivity index (χ2v) is 8.29. The Balaban J connectivity index is 1.83. The molecule has 0 aliphatic carbocycles. The molecule has 0 amide bonds. The fourth-order valence-electron chi connectivity index (χ4n) is 4.42. The summed E-state index contributed by atoms with van der Waals surface area (Å²) in [6.45, 7) is 1.56. The Morgan fingerprint density at radius 3 is 2.66 bits per heavy atom. The van der Waals surface area contributed by atoms with Crippen LogP contribution in [0.4, 0.5) is 32.2 Å². The van der Waals surface area contributed by atoms with Gasteiger partial charge < -0.3 is 10.2 Å². The zero-order valence-electron chi connectivity index (χ0n) is 15.2. The highest BCUT2D eigenvalue weighted by molar-refractivity contribution is 9.10. The SMILES string of the molecule is CC(F)CNC1C[C@H]2CC[C@@H]1N2c1nc(F)nc2c(F)c(Br)c(C(F)(F)F)cc12. The van der Waals surface area contributed by atoms with Crippen LogP contribution < -0.4 is 10.2 Å². The quantitative estimate of drug-likeness (QED) is 0.504. The Bertz CT molecular complexity index is 950. The second-order valence-electron chi connectivity index (χ2n) is 7.50. The molecule has 158 valence electrons. The van der Waals surface area contributed by atoms with Gasteiger partial charge >= 0.3 is 12.3 Å². The number of nitrogens with one attached hydrogen (secondary N) is 1. The molecule has 1 aromatic heterocycles. The third-order valence-corrected chi connectivity index (χ3v) is 6.35. The number of benzene rings is 1. The molecule has 0 saturated carbocycles. The zero-order valence-corrected chi connectivity index (χ0v) is 16.8. The molecule has 2 bridgehead atoms. The maximum absolute atomic E-state index is 14.7. The molecular weight excluding hydrogens is 466 g/mol. The molecule has 2 aliphatic heterocycles. The van der Waals surface area contributed by atoms with Crippen molar-refractivity contribution < 1.29 is 26.3 Å². The number of fused-ring (bicyclic) bond motifs is 3. The average Bonchev–Trinajstić information content (AvgIpc) is 3.19. The molecule has 2 aliphatic rings. The number of aromatic nitrogens is 2. The topological polar surface area (TPSA) is 41.0 Å². The van der Waals surface area contributed by atoms with Gasteiger partial charge in [-0.2, -0.15) is 27.5 Å². The minimum Gasteiger partial charge on any atom is -0.348 e. The summed E-state index contributed by atoms with van der Waals surface area (Å²) in [6.07, 6.45) is -5.03. The van der Waals surface area contributed by atoms with Crippen LogP contribution in [-0.4, -0.2) is 40.8 Å². The third-order valence-electron chi connectivity index (χ3n) is 5.57. The van der Waals surface area contributed by atoms with Gasteiger partial charge in [0.05, 0.1) is 10.0 Å². The fraction of sp³-hybridized carbons (Fsp3) is 0.556. The summed E-state index contributed by atoms with van der Waals surface area (Å²) < 4.78 is 81.3. The standard InChI is InChI=1S/C18H17BrF6N4/c1-7(20)6-26-11-4-8-2-3-12(11)29(8)16-9-5-10(18(23,24)25)13(19)14(21)15(9)27-17(22)28-16/h5,7-8,11-12,26H,2-4,6H2,1H3/t7?,8-,11?,12+/m1/s1. The lowest BCUT2D eigenvalue weighted by Gasteiger charge is -2.27. The van der Waals surface area contributed by atoms with Crippen molar-refractivity contribution in [3.05, 3.63) is 28.0 Å². The van der Waals surface area contributed by atoms with E-state index < -0.39 is 39.8 Å². The van der Waals surface area contributed by atoms with Crippen molar-refractivity contribution in [1.29, 1.82) is 0 Å². The smallest absolute Gasteiger partial charge is 0.348 e. The van der Waals surface area contributed by atoms with Gasteiger partial charge in [0.1, 0.15) is 17.5 Å². The summed E-state index contributed by atoms with van der Waals surface area (Å²) in [7, 11) is 0. The predicted molar refractivity (Wildman–Crippen MR) is 98.4 cm³/mol. The minimum absolute atomic E-state index is 0.0607. The van der Waals surface area contributed by atoms with Gasteiger partial charge in [-0.05, 0) is 48.2 Å². The zero-order chi connectivity index (χ0) is 21.1. The molecule has 2 unspecified atom stereocenters. The van der Waals surface area contributed by atoms with Crippen molar-refractivity contribution in [3.63, 3.8) is 0 Å². The van der Waals surface area contributed by atoms with Crippen LogP contribution in [0.2, 0.25) is 0 Å². The number of nitrogens with zero attached hydrogens (tertiary/aromatic N) is 3. The Labute approximate surface area is 170 Å². The fourth-order valence-corrected chi connectivity index (χ4v) is 4.94. The molecule has 0 spiro atoms. The van der Waals surface area contributed by atoms with Crippen molar-refractivity contribution in [2.24, 2.45) is 0 Å². The van der Waals surface area contributed by atoms with E-state index in [0.29, 0.717) is 12.8 Å². The summed E-state index contributed by atoms with van der Waals surface area (Å²) >= 11 is 2.61. The van der Waals surface area contributed by atoms with Crippen LogP contribution in [0.5, 0.6) is 0 Å². The van der Waals surface area contributed by atoms with Crippen LogP contribution in [0.1, 0.15) is 31.7 Å². The highest BCUT2D eigenvalue weighted by Gasteiger charge is 2.47. The maximum Gasteiger partial charge on any atom is 0.417 e. The lowest BCUT2D eigenvalue weighted by atomic mass is 9.95. The van der Waals surface area contributed by atoms with E-state index in [1.807, 2.05) is 0 Å². The molecule has 2 fully saturated rings. The highest BCUT2D eigenvalue weighted by atomic mass is 79.9. The van der Waals surface area contributed by atoms with E-state index in [1.165, 1.54) is 6.92 Å². The molecule has 4 rings (SSSR count). The van der Waals surface area contributed by atoms with Gasteiger partial charge in [-0.25, -0.2) is 8.78 Å². The van der Waals surface area contributed by atoms with E-state index in [-0.39, 0.29) is 35.9 Å². The molecule has 2 aromatic rings. The lowest BCUT2D eigenvalue weighted by molar-refractivity contribution is -0.138. The van der Waals surface area contributed by atoms with Gasteiger partial charge in [0, 0.05) is 30.1 Å². The van der Waals surface area contributed by atoms with E-state index >= 15 is 0 Å². The number of anilines is 1. The summed E-state index contributed by atoms with van der Waals surface area (Å²) in [4.78, 5) is 8.88. The Kier molecular flexibility index (Phi) is 5.17. The molecule has 1 aromatic carbocycles. The Morgan fingerprint density at radius 1 is 1.28 bits per heavy atom. The van der Waals surface area contributed by atoms with E-state index in [0.717, 1.165) is 12.5 Å². The molecule has 2 saturated heterocycles. The highest BCUT2D eigenvalue weighted by Crippen LogP contribution is 2.45. The Morgan fingerprint density at radius 2 is 2.00 bits per heavy atom. The second kappa shape index (κ2) is 7.26. The van der Waals surface area contributed by atoms with Crippen molar-refractivity contribution >= 4 is 32.7 Å². The summed E-state index contributed by atoms with van der Waals surface area (Å²) in [6, 6.07) is 0.340. The lowest BCUT2D eigenvalue weighted by Crippen LogP contribution is -2.43. The van der Waals surface area contributed by atoms with Crippen LogP contribution in [0, 0.1) is 11.9 Å². The first-order chi connectivity index (χ1) is 13.6. The van der Waals surface area contributed by atoms with E-state index in [2.05, 4.69) is 31.2 Å². The molecular formula is C18H17BrF6N4. The van der Waals surface area contributed by atoms with Gasteiger partial charge in [-0.3, -0.25) is 0 Å². The number of rotatable bonds is 4. The predicted octanol–water partition coefficient (Wildman–Crippen LogP) is 4.75. The van der Waals surface area contributed by atoms with Crippen molar-refractivity contribution in [3.8, 4) is 0 Å². The first kappa shape index (κ1) is 20.6. The Hall–Kier alpha value is -1.62. The van der Waals surface area contributed by atoms with Crippen LogP contribution in [-0.2, 0) is 6.18 Å². The largest absolute Gasteiger partial charge is 0.417 e. The van der Waals surface area contributed by atoms with E-state index in [1.54, 1.807) is 4.90 Å². The normalized spacial score (nSPS) is 25.2. The first-order valence-corrected chi connectivity index (χ1v) is 9.95. The van der Waals surface area contributed by atoms with E-state index in [9.17, 15) is 26.3 Å². The van der Waals surface area contributed by atoms with Gasteiger partial charge in [0.2, 0.25) is 0 Å². The molecule has 3 heterocycles. The molecule has 4 atom stereocenters. The van der Waals surface area contributed by atoms with Gasteiger partial charge in [-0.1, -0.05) is 0 Å². The average molecular weight is 483 g/mol. The van der Waals surface area contributed by atoms with Crippen molar-refractivity contribution in [1.82, 2.24) is 15.3 Å². The summed E-state index contributed by atoms with van der Waals surface area (Å²) in [5.74, 6) is -1.35. The number of hydrogen-bond donors (Lipinski definition) is 1. The minimum atomic E-state index is -4.81. The third kappa shape index (κ3) is 3.56. The van der Waals surface area contributed by atoms with Gasteiger partial charge in [0.15, 0.2) is 5.82 Å². The summed E-state index contributed by atoms with van der Waals surface area (Å²) in [5.41, 5.74) is -1.73. The number of halogens is 7.